The van der Waals surface area contributed by atoms with Crippen molar-refractivity contribution in [2.75, 3.05) is 0 Å². The number of amides is 1. The second-order valence-corrected chi connectivity index (χ2v) is 8.63. The number of aryl methyl sites for hydroxylation is 1. The fourth-order valence-electron chi connectivity index (χ4n) is 4.18. The molecule has 0 spiro atoms. The SMILES string of the molecule is Cc1cc(/C=C/C(=O)NNC(=S)N[C@@H]2CCC[C@H](C)[C@@H]2C)c(C)n1C1CC1. The van der Waals surface area contributed by atoms with Gasteiger partial charge in [-0.05, 0) is 74.9 Å². The van der Waals surface area contributed by atoms with Crippen molar-refractivity contribution < 1.29 is 4.79 Å². The topological polar surface area (TPSA) is 58.1 Å². The molecule has 0 aliphatic heterocycles. The van der Waals surface area contributed by atoms with E-state index >= 15 is 0 Å². The van der Waals surface area contributed by atoms with Crippen LogP contribution in [0.25, 0.3) is 6.08 Å². The highest BCUT2D eigenvalue weighted by Crippen LogP contribution is 2.38. The van der Waals surface area contributed by atoms with E-state index in [2.05, 4.69) is 54.5 Å². The predicted octanol–water partition coefficient (Wildman–Crippen LogP) is 3.77. The molecule has 0 unspecified atom stereocenters. The van der Waals surface area contributed by atoms with Gasteiger partial charge in [-0.25, -0.2) is 0 Å². The number of aromatic nitrogens is 1. The van der Waals surface area contributed by atoms with Crippen LogP contribution in [0, 0.1) is 25.7 Å². The molecular formula is C21H32N4OS. The quantitative estimate of drug-likeness (QED) is 0.417. The summed E-state index contributed by atoms with van der Waals surface area (Å²) in [5.41, 5.74) is 9.07. The zero-order chi connectivity index (χ0) is 19.6. The van der Waals surface area contributed by atoms with Gasteiger partial charge in [-0.1, -0.05) is 26.7 Å². The van der Waals surface area contributed by atoms with Gasteiger partial charge in [0.15, 0.2) is 5.11 Å². The van der Waals surface area contributed by atoms with Crippen LogP contribution in [0.4, 0.5) is 0 Å². The Balaban J connectivity index is 1.47. The van der Waals surface area contributed by atoms with Crippen molar-refractivity contribution in [3.8, 4) is 0 Å². The lowest BCUT2D eigenvalue weighted by atomic mass is 9.78. The summed E-state index contributed by atoms with van der Waals surface area (Å²) >= 11 is 5.33. The van der Waals surface area contributed by atoms with Crippen LogP contribution in [0.3, 0.4) is 0 Å². The normalized spacial score (nSPS) is 25.4. The van der Waals surface area contributed by atoms with Gasteiger partial charge >= 0.3 is 0 Å². The van der Waals surface area contributed by atoms with Gasteiger partial charge in [0.05, 0.1) is 0 Å². The Morgan fingerprint density at radius 1 is 1.19 bits per heavy atom. The molecule has 5 nitrogen and oxygen atoms in total. The highest BCUT2D eigenvalue weighted by atomic mass is 32.1. The van der Waals surface area contributed by atoms with Crippen LogP contribution < -0.4 is 16.2 Å². The van der Waals surface area contributed by atoms with Gasteiger partial charge in [0.25, 0.3) is 5.91 Å². The number of hydrogen-bond acceptors (Lipinski definition) is 2. The molecule has 2 fully saturated rings. The molecule has 3 N–H and O–H groups in total. The highest BCUT2D eigenvalue weighted by Gasteiger charge is 2.28. The van der Waals surface area contributed by atoms with Crippen molar-refractivity contribution in [1.29, 1.82) is 0 Å². The number of nitrogens with one attached hydrogen (secondary N) is 3. The lowest BCUT2D eigenvalue weighted by Crippen LogP contribution is -2.52. The first-order valence-corrected chi connectivity index (χ1v) is 10.5. The fourth-order valence-corrected chi connectivity index (χ4v) is 4.38. The third-order valence-electron chi connectivity index (χ3n) is 6.17. The van der Waals surface area contributed by atoms with E-state index in [-0.39, 0.29) is 5.91 Å². The number of rotatable bonds is 4. The van der Waals surface area contributed by atoms with E-state index in [0.717, 1.165) is 12.0 Å². The van der Waals surface area contributed by atoms with Gasteiger partial charge < -0.3 is 9.88 Å². The zero-order valence-corrected chi connectivity index (χ0v) is 17.7. The summed E-state index contributed by atoms with van der Waals surface area (Å²) in [4.78, 5) is 12.1. The Kier molecular flexibility index (Phi) is 6.25. The molecule has 1 aromatic heterocycles. The Bertz CT molecular complexity index is 735. The molecule has 1 amide bonds. The Morgan fingerprint density at radius 3 is 2.63 bits per heavy atom. The second kappa shape index (κ2) is 8.46. The number of thiocarbonyl (C=S) groups is 1. The monoisotopic (exact) mass is 388 g/mol. The number of nitrogens with zero attached hydrogens (tertiary/aromatic N) is 1. The first kappa shape index (κ1) is 19.9. The smallest absolute Gasteiger partial charge is 0.262 e. The molecule has 0 radical (unpaired) electrons. The molecule has 6 heteroatoms. The van der Waals surface area contributed by atoms with E-state index in [1.54, 1.807) is 6.08 Å². The van der Waals surface area contributed by atoms with Crippen LogP contribution in [0.15, 0.2) is 12.1 Å². The molecule has 148 valence electrons. The summed E-state index contributed by atoms with van der Waals surface area (Å²) in [6.45, 7) is 8.80. The summed E-state index contributed by atoms with van der Waals surface area (Å²) in [6.07, 6.45) is 9.57. The standard InChI is InChI=1S/C21H32N4OS/c1-13-6-5-7-19(15(13)3)22-21(27)24-23-20(26)11-8-17-12-14(2)25(16(17)4)18-9-10-18/h8,11-13,15,18-19H,5-7,9-10H2,1-4H3,(H,23,26)(H2,22,24,27)/b11-8+/t13-,15-,19+/m0/s1. The van der Waals surface area contributed by atoms with Crippen molar-refractivity contribution in [3.63, 3.8) is 0 Å². The molecule has 1 heterocycles. The Labute approximate surface area is 167 Å². The van der Waals surface area contributed by atoms with Crippen LogP contribution in [-0.4, -0.2) is 21.6 Å². The molecule has 1 aromatic rings. The number of carbonyl (C=O) groups excluding carboxylic acids is 1. The van der Waals surface area contributed by atoms with E-state index in [1.807, 2.05) is 6.08 Å². The van der Waals surface area contributed by atoms with Crippen LogP contribution >= 0.6 is 12.2 Å². The summed E-state index contributed by atoms with van der Waals surface area (Å²) in [5, 5.41) is 3.83. The third kappa shape index (κ3) is 4.92. The number of hydrazine groups is 1. The molecule has 0 bridgehead atoms. The Morgan fingerprint density at radius 2 is 1.93 bits per heavy atom. The molecule has 3 atom stereocenters. The molecule has 2 saturated carbocycles. The minimum Gasteiger partial charge on any atom is -0.358 e. The van der Waals surface area contributed by atoms with E-state index in [1.165, 1.54) is 37.1 Å². The lowest BCUT2D eigenvalue weighted by Gasteiger charge is -2.35. The minimum absolute atomic E-state index is 0.208. The van der Waals surface area contributed by atoms with Gasteiger partial charge in [-0.3, -0.25) is 15.6 Å². The molecule has 2 aliphatic carbocycles. The van der Waals surface area contributed by atoms with Gasteiger partial charge in [-0.2, -0.15) is 0 Å². The maximum Gasteiger partial charge on any atom is 0.262 e. The number of carbonyl (C=O) groups is 1. The largest absolute Gasteiger partial charge is 0.358 e. The van der Waals surface area contributed by atoms with Crippen molar-refractivity contribution in [2.24, 2.45) is 11.8 Å². The average Bonchev–Trinajstić information content (AvgIpc) is 3.41. The molecular weight excluding hydrogens is 356 g/mol. The van der Waals surface area contributed by atoms with E-state index < -0.39 is 0 Å². The third-order valence-corrected chi connectivity index (χ3v) is 6.39. The van der Waals surface area contributed by atoms with Crippen molar-refractivity contribution in [3.05, 3.63) is 29.1 Å². The van der Waals surface area contributed by atoms with Crippen LogP contribution in [0.1, 0.15) is 68.9 Å². The molecule has 3 rings (SSSR count). The van der Waals surface area contributed by atoms with Gasteiger partial charge in [0.1, 0.15) is 0 Å². The zero-order valence-electron chi connectivity index (χ0n) is 16.8. The summed E-state index contributed by atoms with van der Waals surface area (Å²) in [5.74, 6) is 1.07. The van der Waals surface area contributed by atoms with Crippen molar-refractivity contribution in [2.45, 2.75) is 71.9 Å². The molecule has 0 aromatic carbocycles. The van der Waals surface area contributed by atoms with Crippen LogP contribution in [-0.2, 0) is 4.79 Å². The van der Waals surface area contributed by atoms with E-state index in [9.17, 15) is 4.79 Å². The van der Waals surface area contributed by atoms with E-state index in [4.69, 9.17) is 12.2 Å². The van der Waals surface area contributed by atoms with Crippen molar-refractivity contribution in [1.82, 2.24) is 20.7 Å². The fraction of sp³-hybridized carbons (Fsp3) is 0.619. The molecule has 2 aliphatic rings. The maximum atomic E-state index is 12.1. The van der Waals surface area contributed by atoms with E-state index in [0.29, 0.717) is 29.0 Å². The predicted molar refractivity (Wildman–Crippen MR) is 114 cm³/mol. The first-order valence-electron chi connectivity index (χ1n) is 10.1. The summed E-state index contributed by atoms with van der Waals surface area (Å²) in [7, 11) is 0. The molecule has 0 saturated heterocycles. The molecule has 27 heavy (non-hydrogen) atoms. The van der Waals surface area contributed by atoms with Gasteiger partial charge in [0, 0.05) is 29.5 Å². The minimum atomic E-state index is -0.208. The van der Waals surface area contributed by atoms with Gasteiger partial charge in [-0.15, -0.1) is 0 Å². The maximum absolute atomic E-state index is 12.1. The Hall–Kier alpha value is -1.82. The van der Waals surface area contributed by atoms with Crippen molar-refractivity contribution >= 4 is 29.3 Å². The first-order chi connectivity index (χ1) is 12.9. The summed E-state index contributed by atoms with van der Waals surface area (Å²) < 4.78 is 2.38. The highest BCUT2D eigenvalue weighted by molar-refractivity contribution is 7.80. The van der Waals surface area contributed by atoms with Gasteiger partial charge in [0.2, 0.25) is 0 Å². The number of hydrogen-bond donors (Lipinski definition) is 3. The average molecular weight is 389 g/mol. The van der Waals surface area contributed by atoms with Crippen LogP contribution in [0.2, 0.25) is 0 Å². The second-order valence-electron chi connectivity index (χ2n) is 8.22. The lowest BCUT2D eigenvalue weighted by molar-refractivity contribution is -0.116. The summed E-state index contributed by atoms with van der Waals surface area (Å²) in [6, 6.07) is 3.16. The van der Waals surface area contributed by atoms with Crippen LogP contribution in [0.5, 0.6) is 0 Å².